The summed E-state index contributed by atoms with van der Waals surface area (Å²) >= 11 is 12.0. The highest BCUT2D eigenvalue weighted by Crippen LogP contribution is 2.22. The number of likely N-dealkylation sites (tertiary alicyclic amines) is 1. The highest BCUT2D eigenvalue weighted by Gasteiger charge is 2.19. The molecule has 158 valence electrons. The molecule has 0 spiro atoms. The molecule has 1 saturated heterocycles. The predicted octanol–water partition coefficient (Wildman–Crippen LogP) is 6.22. The second-order valence-electron chi connectivity index (χ2n) is 7.25. The Kier molecular flexibility index (Phi) is 9.79. The summed E-state index contributed by atoms with van der Waals surface area (Å²) in [6, 6.07) is 6.10. The molecule has 2 N–H and O–H groups in total. The molecule has 0 aliphatic carbocycles. The molecule has 0 amide bonds. The average molecular weight is 436 g/mol. The second-order valence-corrected chi connectivity index (χ2v) is 8.17. The van der Waals surface area contributed by atoms with E-state index in [2.05, 4.69) is 23.7 Å². The lowest BCUT2D eigenvalue weighted by Gasteiger charge is -2.21. The summed E-state index contributed by atoms with van der Waals surface area (Å²) in [5.74, 6) is 0.135. The Labute approximate surface area is 184 Å². The lowest BCUT2D eigenvalue weighted by atomic mass is 10.1. The maximum absolute atomic E-state index is 8.37. The zero-order valence-electron chi connectivity index (χ0n) is 17.3. The summed E-state index contributed by atoms with van der Waals surface area (Å²) in [4.78, 5) is 2.49. The second kappa shape index (κ2) is 12.1. The fraction of sp³-hybridized carbons (Fsp3) is 0.435. The van der Waals surface area contributed by atoms with Gasteiger partial charge in [-0.25, -0.2) is 0 Å². The number of rotatable bonds is 10. The van der Waals surface area contributed by atoms with E-state index in [9.17, 15) is 0 Å². The van der Waals surface area contributed by atoms with Crippen LogP contribution in [0.3, 0.4) is 0 Å². The molecule has 1 aromatic carbocycles. The van der Waals surface area contributed by atoms with Gasteiger partial charge in [-0.3, -0.25) is 5.41 Å². The minimum absolute atomic E-state index is 0.135. The van der Waals surface area contributed by atoms with Gasteiger partial charge in [0, 0.05) is 34.9 Å². The Hall–Kier alpha value is -1.75. The van der Waals surface area contributed by atoms with E-state index in [4.69, 9.17) is 33.3 Å². The van der Waals surface area contributed by atoms with Gasteiger partial charge in [0.2, 0.25) is 5.90 Å². The number of ether oxygens (including phenoxy) is 1. The average Bonchev–Trinajstić information content (AvgIpc) is 3.10. The third-order valence-corrected chi connectivity index (χ3v) is 5.45. The van der Waals surface area contributed by atoms with E-state index in [1.54, 1.807) is 18.2 Å². The van der Waals surface area contributed by atoms with Gasteiger partial charge in [0.15, 0.2) is 0 Å². The maximum atomic E-state index is 8.37. The van der Waals surface area contributed by atoms with Crippen LogP contribution in [0.15, 0.2) is 53.6 Å². The van der Waals surface area contributed by atoms with Crippen LogP contribution >= 0.6 is 23.2 Å². The lowest BCUT2D eigenvalue weighted by molar-refractivity contribution is 0.225. The molecule has 1 aliphatic heterocycles. The first kappa shape index (κ1) is 23.5. The van der Waals surface area contributed by atoms with Crippen molar-refractivity contribution in [1.82, 2.24) is 4.90 Å². The quantitative estimate of drug-likeness (QED) is 0.198. The fourth-order valence-corrected chi connectivity index (χ4v) is 3.59. The van der Waals surface area contributed by atoms with Gasteiger partial charge in [-0.15, -0.1) is 0 Å². The van der Waals surface area contributed by atoms with E-state index in [1.807, 2.05) is 25.1 Å². The van der Waals surface area contributed by atoms with Gasteiger partial charge in [0.25, 0.3) is 0 Å². The number of hydrogen-bond donors (Lipinski definition) is 2. The van der Waals surface area contributed by atoms with E-state index < -0.39 is 0 Å². The maximum Gasteiger partial charge on any atom is 0.215 e. The molecule has 1 aromatic rings. The molecule has 0 saturated carbocycles. The third-order valence-electron chi connectivity index (χ3n) is 5.08. The molecular formula is C23H31Cl2N3O. The van der Waals surface area contributed by atoms with Crippen molar-refractivity contribution >= 4 is 34.8 Å². The van der Waals surface area contributed by atoms with Crippen molar-refractivity contribution in [1.29, 1.82) is 5.41 Å². The molecule has 0 unspecified atom stereocenters. The summed E-state index contributed by atoms with van der Waals surface area (Å²) in [6.07, 6.45) is 9.13. The van der Waals surface area contributed by atoms with Crippen LogP contribution in [0.1, 0.15) is 38.7 Å². The van der Waals surface area contributed by atoms with E-state index in [-0.39, 0.29) is 5.90 Å². The van der Waals surface area contributed by atoms with Gasteiger partial charge < -0.3 is 15.0 Å². The zero-order chi connectivity index (χ0) is 21.2. The minimum atomic E-state index is 0.135. The number of hydrogen-bond acceptors (Lipinski definition) is 4. The normalized spacial score (nSPS) is 17.7. The van der Waals surface area contributed by atoms with E-state index >= 15 is 0 Å². The predicted molar refractivity (Wildman–Crippen MR) is 125 cm³/mol. The van der Waals surface area contributed by atoms with Crippen molar-refractivity contribution < 1.29 is 4.74 Å². The van der Waals surface area contributed by atoms with E-state index in [0.29, 0.717) is 34.8 Å². The highest BCUT2D eigenvalue weighted by molar-refractivity contribution is 6.31. The van der Waals surface area contributed by atoms with Crippen molar-refractivity contribution in [2.45, 2.75) is 39.2 Å². The summed E-state index contributed by atoms with van der Waals surface area (Å²) in [6.45, 7) is 11.2. The van der Waals surface area contributed by atoms with Crippen LogP contribution in [0, 0.1) is 5.41 Å². The lowest BCUT2D eigenvalue weighted by Crippen LogP contribution is -2.28. The van der Waals surface area contributed by atoms with Crippen LogP contribution in [0.5, 0.6) is 0 Å². The van der Waals surface area contributed by atoms with Crippen molar-refractivity contribution in [3.63, 3.8) is 0 Å². The molecule has 2 rings (SSSR count). The van der Waals surface area contributed by atoms with Crippen LogP contribution in [0.4, 0.5) is 5.69 Å². The largest absolute Gasteiger partial charge is 0.478 e. The van der Waals surface area contributed by atoms with Crippen molar-refractivity contribution in [3.8, 4) is 0 Å². The Morgan fingerprint density at radius 2 is 2.21 bits per heavy atom. The monoisotopic (exact) mass is 435 g/mol. The van der Waals surface area contributed by atoms with E-state index in [1.165, 1.54) is 19.4 Å². The highest BCUT2D eigenvalue weighted by atomic mass is 35.5. The summed E-state index contributed by atoms with van der Waals surface area (Å²) < 4.78 is 5.73. The van der Waals surface area contributed by atoms with Gasteiger partial charge in [-0.2, -0.15) is 0 Å². The number of anilines is 1. The van der Waals surface area contributed by atoms with Gasteiger partial charge in [-0.05, 0) is 69.5 Å². The molecule has 6 heteroatoms. The van der Waals surface area contributed by atoms with E-state index in [0.717, 1.165) is 24.2 Å². The molecule has 29 heavy (non-hydrogen) atoms. The summed E-state index contributed by atoms with van der Waals surface area (Å²) in [5, 5.41) is 12.8. The first-order valence-corrected chi connectivity index (χ1v) is 10.8. The van der Waals surface area contributed by atoms with Gasteiger partial charge in [0.1, 0.15) is 0 Å². The Morgan fingerprint density at radius 3 is 2.86 bits per heavy atom. The molecular weight excluding hydrogens is 405 g/mol. The minimum Gasteiger partial charge on any atom is -0.478 e. The first-order valence-electron chi connectivity index (χ1n) is 10.1. The molecule has 0 bridgehead atoms. The molecule has 1 atom stereocenters. The Bertz CT molecular complexity index is 773. The SMILES string of the molecule is C=C(Cl)/C=C\C(=C/C)CNc1ccc(Cl)cc1C(=N)OCCCN1CCC[C@H]1C. The molecule has 0 aromatic heterocycles. The van der Waals surface area contributed by atoms with Gasteiger partial charge in [-0.1, -0.05) is 41.9 Å². The zero-order valence-corrected chi connectivity index (χ0v) is 18.8. The topological polar surface area (TPSA) is 48.4 Å². The van der Waals surface area contributed by atoms with Gasteiger partial charge in [0.05, 0.1) is 12.2 Å². The van der Waals surface area contributed by atoms with Crippen LogP contribution < -0.4 is 5.32 Å². The van der Waals surface area contributed by atoms with Crippen LogP contribution in [0.2, 0.25) is 5.02 Å². The third kappa shape index (κ3) is 7.88. The number of halogens is 2. The first-order chi connectivity index (χ1) is 13.9. The molecule has 1 fully saturated rings. The molecule has 4 nitrogen and oxygen atoms in total. The number of nitrogens with zero attached hydrogens (tertiary/aromatic N) is 1. The standard InChI is InChI=1S/C23H31Cl2N3O/c1-4-19(9-8-17(2)24)16-27-22-11-10-20(25)15-21(22)23(26)29-14-6-13-28-12-5-7-18(28)3/h4,8-11,15,18,26-27H,2,5-7,12-14,16H2,1,3H3/b9-8-,19-4+,26-23?/t18-/m1/s1. The van der Waals surface area contributed by atoms with Crippen LogP contribution in [-0.4, -0.2) is 43.1 Å². The van der Waals surface area contributed by atoms with Crippen LogP contribution in [0.25, 0.3) is 0 Å². The van der Waals surface area contributed by atoms with Gasteiger partial charge >= 0.3 is 0 Å². The van der Waals surface area contributed by atoms with Crippen molar-refractivity contribution in [2.75, 3.05) is 31.6 Å². The van der Waals surface area contributed by atoms with Crippen molar-refractivity contribution in [2.24, 2.45) is 0 Å². The summed E-state index contributed by atoms with van der Waals surface area (Å²) in [7, 11) is 0. The number of nitrogens with one attached hydrogen (secondary N) is 2. The summed E-state index contributed by atoms with van der Waals surface area (Å²) in [5.41, 5.74) is 2.53. The number of benzene rings is 1. The fourth-order valence-electron chi connectivity index (χ4n) is 3.36. The molecule has 0 radical (unpaired) electrons. The Morgan fingerprint density at radius 1 is 1.41 bits per heavy atom. The van der Waals surface area contributed by atoms with Crippen molar-refractivity contribution in [3.05, 3.63) is 64.2 Å². The smallest absolute Gasteiger partial charge is 0.215 e. The Balaban J connectivity index is 1.92. The molecule has 1 aliphatic rings. The number of allylic oxidation sites excluding steroid dienone is 3. The van der Waals surface area contributed by atoms with Crippen LogP contribution in [-0.2, 0) is 4.74 Å². The molecule has 1 heterocycles.